The lowest BCUT2D eigenvalue weighted by Crippen LogP contribution is -2.44. The Bertz CT molecular complexity index is 172. The lowest BCUT2D eigenvalue weighted by Gasteiger charge is -2.27. The first-order valence-electron chi connectivity index (χ1n) is 4.83. The van der Waals surface area contributed by atoms with E-state index in [0.717, 1.165) is 12.8 Å². The highest BCUT2D eigenvalue weighted by molar-refractivity contribution is 4.82. The van der Waals surface area contributed by atoms with Crippen molar-refractivity contribution in [3.63, 3.8) is 0 Å². The molecule has 4 heteroatoms. The molecule has 0 aliphatic rings. The van der Waals surface area contributed by atoms with Gasteiger partial charge in [0, 0.05) is 11.8 Å². The van der Waals surface area contributed by atoms with E-state index in [9.17, 15) is 15.2 Å². The Labute approximate surface area is 79.1 Å². The quantitative estimate of drug-likeness (QED) is 0.513. The van der Waals surface area contributed by atoms with Gasteiger partial charge in [-0.3, -0.25) is 10.1 Å². The predicted molar refractivity (Wildman–Crippen MR) is 51.2 cm³/mol. The van der Waals surface area contributed by atoms with Gasteiger partial charge in [-0.1, -0.05) is 26.7 Å². The molecule has 2 unspecified atom stereocenters. The SMILES string of the molecule is CCCCC(O)(CC)C(C)[N+](=O)[O-]. The lowest BCUT2D eigenvalue weighted by molar-refractivity contribution is -0.541. The smallest absolute Gasteiger partial charge is 0.238 e. The average Bonchev–Trinajstić information content (AvgIpc) is 2.12. The maximum atomic E-state index is 10.5. The molecule has 0 amide bonds. The Hall–Kier alpha value is -0.640. The van der Waals surface area contributed by atoms with Gasteiger partial charge >= 0.3 is 0 Å². The molecule has 2 atom stereocenters. The number of nitro groups is 1. The summed E-state index contributed by atoms with van der Waals surface area (Å²) in [7, 11) is 0. The standard InChI is InChI=1S/C9H19NO3/c1-4-6-7-9(11,5-2)8(3)10(12)13/h8,11H,4-7H2,1-3H3. The maximum absolute atomic E-state index is 10.5. The van der Waals surface area contributed by atoms with Gasteiger partial charge in [0.15, 0.2) is 0 Å². The molecule has 0 aliphatic heterocycles. The summed E-state index contributed by atoms with van der Waals surface area (Å²) in [5.74, 6) is 0. The molecule has 0 bridgehead atoms. The third kappa shape index (κ3) is 3.30. The molecule has 0 aliphatic carbocycles. The minimum Gasteiger partial charge on any atom is -0.383 e. The van der Waals surface area contributed by atoms with Crippen LogP contribution in [0.3, 0.4) is 0 Å². The molecule has 4 nitrogen and oxygen atoms in total. The summed E-state index contributed by atoms with van der Waals surface area (Å²) in [6.07, 6.45) is 2.74. The van der Waals surface area contributed by atoms with E-state index < -0.39 is 16.6 Å². The summed E-state index contributed by atoms with van der Waals surface area (Å²) < 4.78 is 0. The molecule has 0 heterocycles. The molecule has 0 saturated heterocycles. The van der Waals surface area contributed by atoms with Crippen molar-refractivity contribution in [2.45, 2.75) is 58.1 Å². The van der Waals surface area contributed by atoms with Gasteiger partial charge < -0.3 is 5.11 Å². The largest absolute Gasteiger partial charge is 0.383 e. The number of unbranched alkanes of at least 4 members (excludes halogenated alkanes) is 1. The highest BCUT2D eigenvalue weighted by atomic mass is 16.6. The van der Waals surface area contributed by atoms with Crippen molar-refractivity contribution < 1.29 is 10.0 Å². The Balaban J connectivity index is 4.33. The van der Waals surface area contributed by atoms with Gasteiger partial charge in [0.25, 0.3) is 0 Å². The van der Waals surface area contributed by atoms with Gasteiger partial charge in [0.2, 0.25) is 6.04 Å². The zero-order chi connectivity index (χ0) is 10.5. The van der Waals surface area contributed by atoms with Gasteiger partial charge in [-0.2, -0.15) is 0 Å². The fourth-order valence-electron chi connectivity index (χ4n) is 1.36. The predicted octanol–water partition coefficient (Wildman–Crippen LogP) is 1.98. The summed E-state index contributed by atoms with van der Waals surface area (Å²) in [6, 6.07) is -0.871. The average molecular weight is 189 g/mol. The molecule has 1 N–H and O–H groups in total. The number of aliphatic hydroxyl groups is 1. The van der Waals surface area contributed by atoms with Crippen LogP contribution in [0.15, 0.2) is 0 Å². The van der Waals surface area contributed by atoms with Crippen LogP contribution in [0.1, 0.15) is 46.5 Å². The van der Waals surface area contributed by atoms with E-state index in [1.807, 2.05) is 6.92 Å². The van der Waals surface area contributed by atoms with E-state index >= 15 is 0 Å². The van der Waals surface area contributed by atoms with Gasteiger partial charge in [0.05, 0.1) is 0 Å². The number of nitrogens with zero attached hydrogens (tertiary/aromatic N) is 1. The summed E-state index contributed by atoms with van der Waals surface area (Å²) in [4.78, 5) is 10.1. The third-order valence-electron chi connectivity index (χ3n) is 2.67. The molecule has 0 aromatic heterocycles. The fraction of sp³-hybridized carbons (Fsp3) is 1.00. The van der Waals surface area contributed by atoms with Crippen molar-refractivity contribution in [2.24, 2.45) is 0 Å². The Morgan fingerprint density at radius 3 is 2.38 bits per heavy atom. The molecule has 13 heavy (non-hydrogen) atoms. The molecule has 0 spiro atoms. The van der Waals surface area contributed by atoms with Crippen LogP contribution in [0.4, 0.5) is 0 Å². The van der Waals surface area contributed by atoms with E-state index in [4.69, 9.17) is 0 Å². The molecule has 0 radical (unpaired) electrons. The molecule has 0 aromatic carbocycles. The Morgan fingerprint density at radius 1 is 1.54 bits per heavy atom. The van der Waals surface area contributed by atoms with E-state index in [2.05, 4.69) is 0 Å². The van der Waals surface area contributed by atoms with E-state index in [1.54, 1.807) is 6.92 Å². The highest BCUT2D eigenvalue weighted by Crippen LogP contribution is 2.24. The minimum absolute atomic E-state index is 0.404. The van der Waals surface area contributed by atoms with Gasteiger partial charge in [-0.15, -0.1) is 0 Å². The molecule has 78 valence electrons. The van der Waals surface area contributed by atoms with Crippen molar-refractivity contribution in [2.75, 3.05) is 0 Å². The topological polar surface area (TPSA) is 63.4 Å². The second-order valence-electron chi connectivity index (χ2n) is 3.52. The van der Waals surface area contributed by atoms with E-state index in [0.29, 0.717) is 12.8 Å². The van der Waals surface area contributed by atoms with E-state index in [-0.39, 0.29) is 0 Å². The summed E-state index contributed by atoms with van der Waals surface area (Å²) in [6.45, 7) is 5.27. The van der Waals surface area contributed by atoms with Crippen molar-refractivity contribution in [3.8, 4) is 0 Å². The summed E-state index contributed by atoms with van der Waals surface area (Å²) >= 11 is 0. The number of rotatable bonds is 6. The van der Waals surface area contributed by atoms with Crippen molar-refractivity contribution in [1.82, 2.24) is 0 Å². The summed E-state index contributed by atoms with van der Waals surface area (Å²) in [5, 5.41) is 20.5. The van der Waals surface area contributed by atoms with Crippen molar-refractivity contribution in [3.05, 3.63) is 10.1 Å². The highest BCUT2D eigenvalue weighted by Gasteiger charge is 2.39. The van der Waals surface area contributed by atoms with Crippen LogP contribution in [0.2, 0.25) is 0 Å². The van der Waals surface area contributed by atoms with Gasteiger partial charge in [-0.05, 0) is 12.8 Å². The summed E-state index contributed by atoms with van der Waals surface area (Å²) in [5.41, 5.74) is -1.13. The zero-order valence-electron chi connectivity index (χ0n) is 8.62. The van der Waals surface area contributed by atoms with Gasteiger partial charge in [0.1, 0.15) is 5.60 Å². The normalized spacial score (nSPS) is 17.8. The lowest BCUT2D eigenvalue weighted by atomic mass is 9.87. The first-order chi connectivity index (χ1) is 5.98. The van der Waals surface area contributed by atoms with Crippen molar-refractivity contribution in [1.29, 1.82) is 0 Å². The minimum atomic E-state index is -1.13. The third-order valence-corrected chi connectivity index (χ3v) is 2.67. The monoisotopic (exact) mass is 189 g/mol. The Morgan fingerprint density at radius 2 is 2.08 bits per heavy atom. The first-order valence-corrected chi connectivity index (χ1v) is 4.83. The zero-order valence-corrected chi connectivity index (χ0v) is 8.62. The molecule has 0 saturated carbocycles. The number of hydrogen-bond acceptors (Lipinski definition) is 3. The molecule has 0 aromatic rings. The fourth-order valence-corrected chi connectivity index (χ4v) is 1.36. The van der Waals surface area contributed by atoms with Crippen LogP contribution in [-0.4, -0.2) is 21.7 Å². The van der Waals surface area contributed by atoms with Crippen LogP contribution in [-0.2, 0) is 0 Å². The molecular formula is C9H19NO3. The number of hydrogen-bond donors (Lipinski definition) is 1. The van der Waals surface area contributed by atoms with Crippen molar-refractivity contribution >= 4 is 0 Å². The first kappa shape index (κ1) is 12.4. The van der Waals surface area contributed by atoms with Crippen LogP contribution >= 0.6 is 0 Å². The van der Waals surface area contributed by atoms with E-state index in [1.165, 1.54) is 6.92 Å². The van der Waals surface area contributed by atoms with Crippen LogP contribution < -0.4 is 0 Å². The molecular weight excluding hydrogens is 170 g/mol. The Kier molecular flexibility index (Phi) is 4.91. The van der Waals surface area contributed by atoms with Crippen LogP contribution in [0, 0.1) is 10.1 Å². The second-order valence-corrected chi connectivity index (χ2v) is 3.52. The molecule has 0 rings (SSSR count). The second kappa shape index (κ2) is 5.17. The van der Waals surface area contributed by atoms with Gasteiger partial charge in [-0.25, -0.2) is 0 Å². The van der Waals surface area contributed by atoms with Crippen LogP contribution in [0.5, 0.6) is 0 Å². The maximum Gasteiger partial charge on any atom is 0.238 e. The molecule has 0 fully saturated rings. The van der Waals surface area contributed by atoms with Crippen LogP contribution in [0.25, 0.3) is 0 Å².